The van der Waals surface area contributed by atoms with Crippen LogP contribution < -0.4 is 10.1 Å². The van der Waals surface area contributed by atoms with Crippen molar-refractivity contribution in [3.05, 3.63) is 12.4 Å². The minimum atomic E-state index is 0.110. The summed E-state index contributed by atoms with van der Waals surface area (Å²) < 4.78 is 5.50. The number of ether oxygens (including phenoxy) is 1. The molecular formula is C12H20BrN3O. The minimum Gasteiger partial charge on any atom is -0.474 e. The second kappa shape index (κ2) is 6.79. The topological polar surface area (TPSA) is 47.0 Å². The minimum absolute atomic E-state index is 0.110. The fourth-order valence-corrected chi connectivity index (χ4v) is 1.79. The van der Waals surface area contributed by atoms with E-state index in [9.17, 15) is 0 Å². The molecule has 96 valence electrons. The van der Waals surface area contributed by atoms with Gasteiger partial charge in [0.05, 0.1) is 18.5 Å². The lowest BCUT2D eigenvalue weighted by Crippen LogP contribution is -2.25. The summed E-state index contributed by atoms with van der Waals surface area (Å²) in [5.74, 6) is 1.83. The molecule has 4 nitrogen and oxygen atoms in total. The first-order valence-electron chi connectivity index (χ1n) is 5.84. The van der Waals surface area contributed by atoms with E-state index in [1.165, 1.54) is 0 Å². The molecule has 0 aromatic carbocycles. The van der Waals surface area contributed by atoms with Gasteiger partial charge in [-0.2, -0.15) is 4.98 Å². The van der Waals surface area contributed by atoms with E-state index in [1.807, 2.05) is 13.8 Å². The van der Waals surface area contributed by atoms with Crippen LogP contribution in [-0.4, -0.2) is 27.4 Å². The average Bonchev–Trinajstić information content (AvgIpc) is 2.27. The van der Waals surface area contributed by atoms with Gasteiger partial charge in [0.15, 0.2) is 0 Å². The summed E-state index contributed by atoms with van der Waals surface area (Å²) in [6.45, 7) is 8.24. The molecule has 0 aliphatic heterocycles. The molecule has 0 radical (unpaired) electrons. The SMILES string of the molecule is CC(C)Oc1cncc(NC(C)C(C)CBr)n1. The first-order chi connectivity index (χ1) is 8.02. The van der Waals surface area contributed by atoms with Gasteiger partial charge in [-0.3, -0.25) is 4.98 Å². The predicted octanol–water partition coefficient (Wildman–Crippen LogP) is 3.10. The molecule has 0 bridgehead atoms. The Labute approximate surface area is 111 Å². The van der Waals surface area contributed by atoms with Crippen LogP contribution in [0.2, 0.25) is 0 Å². The summed E-state index contributed by atoms with van der Waals surface area (Å²) in [6.07, 6.45) is 3.45. The van der Waals surface area contributed by atoms with E-state index >= 15 is 0 Å². The number of hydrogen-bond donors (Lipinski definition) is 1. The fourth-order valence-electron chi connectivity index (χ4n) is 1.23. The molecular weight excluding hydrogens is 282 g/mol. The zero-order valence-corrected chi connectivity index (χ0v) is 12.4. The number of alkyl halides is 1. The molecule has 1 heterocycles. The standard InChI is InChI=1S/C12H20BrN3O/c1-8(2)17-12-7-14-6-11(16-12)15-10(4)9(3)5-13/h6-10H,5H2,1-4H3,(H,15,16). The summed E-state index contributed by atoms with van der Waals surface area (Å²) in [5, 5.41) is 4.28. The first-order valence-corrected chi connectivity index (χ1v) is 6.96. The third-order valence-electron chi connectivity index (χ3n) is 2.44. The highest BCUT2D eigenvalue weighted by Gasteiger charge is 2.11. The van der Waals surface area contributed by atoms with E-state index in [0.29, 0.717) is 17.8 Å². The van der Waals surface area contributed by atoms with Gasteiger partial charge in [-0.1, -0.05) is 22.9 Å². The van der Waals surface area contributed by atoms with Gasteiger partial charge in [0.1, 0.15) is 5.82 Å². The highest BCUT2D eigenvalue weighted by Crippen LogP contribution is 2.15. The molecule has 5 heteroatoms. The van der Waals surface area contributed by atoms with Crippen molar-refractivity contribution in [1.82, 2.24) is 9.97 Å². The van der Waals surface area contributed by atoms with Crippen LogP contribution in [0.5, 0.6) is 5.88 Å². The molecule has 1 rings (SSSR count). The zero-order chi connectivity index (χ0) is 12.8. The van der Waals surface area contributed by atoms with Crippen LogP contribution in [0.4, 0.5) is 5.82 Å². The monoisotopic (exact) mass is 301 g/mol. The molecule has 1 aromatic heterocycles. The average molecular weight is 302 g/mol. The zero-order valence-electron chi connectivity index (χ0n) is 10.8. The van der Waals surface area contributed by atoms with Crippen molar-refractivity contribution in [2.75, 3.05) is 10.6 Å². The van der Waals surface area contributed by atoms with Crippen LogP contribution in [-0.2, 0) is 0 Å². The number of aromatic nitrogens is 2. The quantitative estimate of drug-likeness (QED) is 0.820. The van der Waals surface area contributed by atoms with Crippen LogP contribution in [0.1, 0.15) is 27.7 Å². The van der Waals surface area contributed by atoms with Crippen LogP contribution >= 0.6 is 15.9 Å². The summed E-state index contributed by atoms with van der Waals surface area (Å²) in [5.41, 5.74) is 0. The van der Waals surface area contributed by atoms with Crippen molar-refractivity contribution >= 4 is 21.7 Å². The van der Waals surface area contributed by atoms with Crippen molar-refractivity contribution < 1.29 is 4.74 Å². The van der Waals surface area contributed by atoms with E-state index in [-0.39, 0.29) is 6.10 Å². The van der Waals surface area contributed by atoms with E-state index in [2.05, 4.69) is 45.1 Å². The van der Waals surface area contributed by atoms with Gasteiger partial charge in [0.25, 0.3) is 0 Å². The van der Waals surface area contributed by atoms with Gasteiger partial charge < -0.3 is 10.1 Å². The molecule has 17 heavy (non-hydrogen) atoms. The molecule has 0 amide bonds. The lowest BCUT2D eigenvalue weighted by Gasteiger charge is -2.20. The van der Waals surface area contributed by atoms with Gasteiger partial charge in [-0.25, -0.2) is 0 Å². The van der Waals surface area contributed by atoms with Crippen LogP contribution in [0.3, 0.4) is 0 Å². The van der Waals surface area contributed by atoms with Crippen molar-refractivity contribution in [3.63, 3.8) is 0 Å². The van der Waals surface area contributed by atoms with Gasteiger partial charge in [0.2, 0.25) is 5.88 Å². The highest BCUT2D eigenvalue weighted by atomic mass is 79.9. The first kappa shape index (κ1) is 14.2. The van der Waals surface area contributed by atoms with Gasteiger partial charge in [-0.05, 0) is 26.7 Å². The number of nitrogens with zero attached hydrogens (tertiary/aromatic N) is 2. The van der Waals surface area contributed by atoms with Crippen molar-refractivity contribution in [2.24, 2.45) is 5.92 Å². The smallest absolute Gasteiger partial charge is 0.234 e. The Morgan fingerprint density at radius 1 is 1.29 bits per heavy atom. The molecule has 0 saturated heterocycles. The van der Waals surface area contributed by atoms with Crippen LogP contribution in [0, 0.1) is 5.92 Å². The Hall–Kier alpha value is -0.840. The van der Waals surface area contributed by atoms with Crippen LogP contribution in [0.25, 0.3) is 0 Å². The number of halogens is 1. The summed E-state index contributed by atoms with van der Waals surface area (Å²) in [6, 6.07) is 0.331. The third-order valence-corrected chi connectivity index (χ3v) is 3.46. The largest absolute Gasteiger partial charge is 0.474 e. The molecule has 1 aromatic rings. The van der Waals surface area contributed by atoms with Crippen molar-refractivity contribution in [2.45, 2.75) is 39.8 Å². The van der Waals surface area contributed by atoms with E-state index in [4.69, 9.17) is 4.74 Å². The Kier molecular flexibility index (Phi) is 5.68. The molecule has 0 fully saturated rings. The van der Waals surface area contributed by atoms with E-state index in [1.54, 1.807) is 12.4 Å². The maximum absolute atomic E-state index is 5.50. The Bertz CT molecular complexity index is 346. The number of rotatable bonds is 6. The number of anilines is 1. The molecule has 0 saturated carbocycles. The lowest BCUT2D eigenvalue weighted by atomic mass is 10.1. The number of hydrogen-bond acceptors (Lipinski definition) is 4. The lowest BCUT2D eigenvalue weighted by molar-refractivity contribution is 0.232. The van der Waals surface area contributed by atoms with Gasteiger partial charge in [-0.15, -0.1) is 0 Å². The molecule has 0 spiro atoms. The summed E-state index contributed by atoms with van der Waals surface area (Å²) >= 11 is 3.48. The molecule has 0 aliphatic carbocycles. The van der Waals surface area contributed by atoms with Crippen LogP contribution in [0.15, 0.2) is 12.4 Å². The van der Waals surface area contributed by atoms with Crippen molar-refractivity contribution in [3.8, 4) is 5.88 Å². The Morgan fingerprint density at radius 3 is 2.59 bits per heavy atom. The Balaban J connectivity index is 2.65. The van der Waals surface area contributed by atoms with Gasteiger partial charge >= 0.3 is 0 Å². The van der Waals surface area contributed by atoms with E-state index < -0.39 is 0 Å². The molecule has 2 atom stereocenters. The van der Waals surface area contributed by atoms with Crippen molar-refractivity contribution in [1.29, 1.82) is 0 Å². The number of nitrogens with one attached hydrogen (secondary N) is 1. The second-order valence-corrected chi connectivity index (χ2v) is 5.12. The third kappa shape index (κ3) is 4.89. The molecule has 2 unspecified atom stereocenters. The fraction of sp³-hybridized carbons (Fsp3) is 0.667. The predicted molar refractivity (Wildman–Crippen MR) is 73.8 cm³/mol. The molecule has 0 aliphatic rings. The normalized spacial score (nSPS) is 14.5. The highest BCUT2D eigenvalue weighted by molar-refractivity contribution is 9.09. The maximum atomic E-state index is 5.50. The summed E-state index contributed by atoms with van der Waals surface area (Å²) in [7, 11) is 0. The summed E-state index contributed by atoms with van der Waals surface area (Å²) in [4.78, 5) is 8.47. The molecule has 1 N–H and O–H groups in total. The Morgan fingerprint density at radius 2 is 2.00 bits per heavy atom. The second-order valence-electron chi connectivity index (χ2n) is 4.47. The van der Waals surface area contributed by atoms with E-state index in [0.717, 1.165) is 11.1 Å². The van der Waals surface area contributed by atoms with Gasteiger partial charge in [0, 0.05) is 11.4 Å². The maximum Gasteiger partial charge on any atom is 0.234 e.